The highest BCUT2D eigenvalue weighted by Gasteiger charge is 2.10. The monoisotopic (exact) mass is 319 g/mol. The number of carboxylic acids is 1. The van der Waals surface area contributed by atoms with Crippen molar-refractivity contribution in [3.63, 3.8) is 0 Å². The summed E-state index contributed by atoms with van der Waals surface area (Å²) >= 11 is 0. The van der Waals surface area contributed by atoms with Crippen LogP contribution < -0.4 is 5.73 Å². The number of carboxylic acid groups (broad SMARTS) is 1. The van der Waals surface area contributed by atoms with Crippen molar-refractivity contribution in [1.29, 1.82) is 0 Å². The first-order valence-corrected chi connectivity index (χ1v) is 7.79. The Morgan fingerprint density at radius 2 is 1.12 bits per heavy atom. The Hall–Kier alpha value is -2.91. The van der Waals surface area contributed by atoms with Gasteiger partial charge >= 0.3 is 5.97 Å². The van der Waals surface area contributed by atoms with Gasteiger partial charge in [-0.1, -0.05) is 91.0 Å². The van der Waals surface area contributed by atoms with Gasteiger partial charge in [0.1, 0.15) is 6.04 Å². The van der Waals surface area contributed by atoms with E-state index in [1.165, 1.54) is 11.1 Å². The van der Waals surface area contributed by atoms with Crippen molar-refractivity contribution in [2.75, 3.05) is 0 Å². The fraction of sp³-hybridized carbons (Fsp3) is 0.0952. The molecule has 0 spiro atoms. The maximum atomic E-state index is 10.4. The number of hydrogen-bond donors (Lipinski definition) is 2. The lowest BCUT2D eigenvalue weighted by Gasteiger charge is -2.04. The summed E-state index contributed by atoms with van der Waals surface area (Å²) in [4.78, 5) is 10.4. The van der Waals surface area contributed by atoms with Gasteiger partial charge in [-0.25, -0.2) is 0 Å². The highest BCUT2D eigenvalue weighted by atomic mass is 16.4. The van der Waals surface area contributed by atoms with Gasteiger partial charge in [0.2, 0.25) is 0 Å². The molecule has 0 saturated heterocycles. The average Bonchev–Trinajstić information content (AvgIpc) is 2.64. The Morgan fingerprint density at radius 1 is 0.750 bits per heavy atom. The van der Waals surface area contributed by atoms with Crippen LogP contribution in [0.5, 0.6) is 0 Å². The Labute approximate surface area is 142 Å². The first-order valence-electron chi connectivity index (χ1n) is 7.79. The van der Waals surface area contributed by atoms with E-state index in [4.69, 9.17) is 10.8 Å². The van der Waals surface area contributed by atoms with Gasteiger partial charge in [-0.3, -0.25) is 4.79 Å². The Balaban J connectivity index is 0.000000174. The molecule has 0 aromatic heterocycles. The van der Waals surface area contributed by atoms with Crippen LogP contribution in [0.2, 0.25) is 0 Å². The van der Waals surface area contributed by atoms with Gasteiger partial charge in [0, 0.05) is 0 Å². The van der Waals surface area contributed by atoms with Crippen LogP contribution in [-0.4, -0.2) is 17.1 Å². The summed E-state index contributed by atoms with van der Waals surface area (Å²) in [6, 6.07) is 29.3. The largest absolute Gasteiger partial charge is 0.480 e. The van der Waals surface area contributed by atoms with Crippen LogP contribution in [0.4, 0.5) is 0 Å². The summed E-state index contributed by atoms with van der Waals surface area (Å²) in [7, 11) is 0. The summed E-state index contributed by atoms with van der Waals surface area (Å²) < 4.78 is 0. The summed E-state index contributed by atoms with van der Waals surface area (Å²) in [6.45, 7) is 0. The molecule has 3 aromatic carbocycles. The molecule has 1 atom stereocenters. The van der Waals surface area contributed by atoms with Crippen molar-refractivity contribution in [2.24, 2.45) is 5.73 Å². The molecule has 122 valence electrons. The van der Waals surface area contributed by atoms with Crippen LogP contribution in [0.15, 0.2) is 91.0 Å². The van der Waals surface area contributed by atoms with E-state index in [1.54, 1.807) is 0 Å². The van der Waals surface area contributed by atoms with Crippen LogP contribution in [0.25, 0.3) is 11.1 Å². The highest BCUT2D eigenvalue weighted by molar-refractivity contribution is 5.73. The zero-order valence-corrected chi connectivity index (χ0v) is 13.4. The van der Waals surface area contributed by atoms with E-state index >= 15 is 0 Å². The second-order valence-electron chi connectivity index (χ2n) is 5.37. The summed E-state index contributed by atoms with van der Waals surface area (Å²) in [5, 5.41) is 8.52. The predicted octanol–water partition coefficient (Wildman–Crippen LogP) is 3.99. The Bertz CT molecular complexity index is 690. The Morgan fingerprint density at radius 3 is 1.50 bits per heavy atom. The number of carbonyl (C=O) groups is 1. The smallest absolute Gasteiger partial charge is 0.320 e. The molecule has 3 aromatic rings. The number of nitrogens with two attached hydrogens (primary N) is 1. The van der Waals surface area contributed by atoms with E-state index in [0.29, 0.717) is 6.42 Å². The van der Waals surface area contributed by atoms with E-state index in [-0.39, 0.29) is 0 Å². The van der Waals surface area contributed by atoms with E-state index < -0.39 is 12.0 Å². The predicted molar refractivity (Wildman–Crippen MR) is 97.6 cm³/mol. The standard InChI is InChI=1S/C12H10.C9H11NO2/c1-3-7-11(8-4-1)12-9-5-2-6-10-12;10-8(9(11)12)6-7-4-2-1-3-5-7/h1-10H;1-5,8H,6,10H2,(H,11,12)/t;8-/m.0/s1. The second-order valence-corrected chi connectivity index (χ2v) is 5.37. The van der Waals surface area contributed by atoms with Gasteiger partial charge in [0.15, 0.2) is 0 Å². The minimum atomic E-state index is -0.959. The maximum absolute atomic E-state index is 10.4. The molecule has 24 heavy (non-hydrogen) atoms. The molecular weight excluding hydrogens is 298 g/mol. The van der Waals surface area contributed by atoms with Crippen molar-refractivity contribution in [3.05, 3.63) is 96.6 Å². The molecule has 0 radical (unpaired) electrons. The van der Waals surface area contributed by atoms with Crippen molar-refractivity contribution in [3.8, 4) is 11.1 Å². The van der Waals surface area contributed by atoms with E-state index in [0.717, 1.165) is 5.56 Å². The molecule has 3 heteroatoms. The molecule has 0 aliphatic carbocycles. The lowest BCUT2D eigenvalue weighted by molar-refractivity contribution is -0.138. The molecule has 0 fully saturated rings. The van der Waals surface area contributed by atoms with Gasteiger partial charge in [-0.15, -0.1) is 0 Å². The van der Waals surface area contributed by atoms with E-state index in [1.807, 2.05) is 42.5 Å². The zero-order chi connectivity index (χ0) is 17.2. The van der Waals surface area contributed by atoms with E-state index in [2.05, 4.69) is 48.5 Å². The summed E-state index contributed by atoms with van der Waals surface area (Å²) in [5.41, 5.74) is 8.85. The Kier molecular flexibility index (Phi) is 6.74. The van der Waals surface area contributed by atoms with Gasteiger partial charge in [-0.2, -0.15) is 0 Å². The van der Waals surface area contributed by atoms with Gasteiger partial charge in [0.25, 0.3) is 0 Å². The quantitative estimate of drug-likeness (QED) is 0.764. The minimum Gasteiger partial charge on any atom is -0.480 e. The normalized spacial score (nSPS) is 11.0. The van der Waals surface area contributed by atoms with Crippen molar-refractivity contribution in [2.45, 2.75) is 12.5 Å². The van der Waals surface area contributed by atoms with Crippen LogP contribution in [0.3, 0.4) is 0 Å². The second kappa shape index (κ2) is 9.28. The summed E-state index contributed by atoms with van der Waals surface area (Å²) in [6.07, 6.45) is 0.385. The molecule has 0 unspecified atom stereocenters. The zero-order valence-electron chi connectivity index (χ0n) is 13.4. The molecule has 0 amide bonds. The molecule has 0 heterocycles. The van der Waals surface area contributed by atoms with Gasteiger partial charge < -0.3 is 10.8 Å². The highest BCUT2D eigenvalue weighted by Crippen LogP contribution is 2.17. The first-order chi connectivity index (χ1) is 11.7. The topological polar surface area (TPSA) is 63.3 Å². The molecule has 3 rings (SSSR count). The molecule has 0 bridgehead atoms. The first kappa shape index (κ1) is 17.4. The maximum Gasteiger partial charge on any atom is 0.320 e. The van der Waals surface area contributed by atoms with Gasteiger partial charge in [0.05, 0.1) is 0 Å². The number of aliphatic carboxylic acids is 1. The van der Waals surface area contributed by atoms with Crippen LogP contribution in [0, 0.1) is 0 Å². The SMILES string of the molecule is N[C@@H](Cc1ccccc1)C(=O)O.c1ccc(-c2ccccc2)cc1. The van der Waals surface area contributed by atoms with Crippen molar-refractivity contribution in [1.82, 2.24) is 0 Å². The molecule has 0 aliphatic heterocycles. The van der Waals surface area contributed by atoms with Crippen molar-refractivity contribution >= 4 is 5.97 Å². The van der Waals surface area contributed by atoms with E-state index in [9.17, 15) is 4.79 Å². The average molecular weight is 319 g/mol. The molecule has 3 N–H and O–H groups in total. The molecule has 3 nitrogen and oxygen atoms in total. The minimum absolute atomic E-state index is 0.385. The van der Waals surface area contributed by atoms with Gasteiger partial charge in [-0.05, 0) is 23.1 Å². The third-order valence-corrected chi connectivity index (χ3v) is 3.50. The van der Waals surface area contributed by atoms with Crippen molar-refractivity contribution < 1.29 is 9.90 Å². The molecular formula is C21H21NO2. The lowest BCUT2D eigenvalue weighted by atomic mass is 10.1. The third kappa shape index (κ3) is 5.71. The molecule has 0 aliphatic rings. The fourth-order valence-corrected chi connectivity index (χ4v) is 2.22. The molecule has 0 saturated carbocycles. The lowest BCUT2D eigenvalue weighted by Crippen LogP contribution is -2.32. The fourth-order valence-electron chi connectivity index (χ4n) is 2.22. The third-order valence-electron chi connectivity index (χ3n) is 3.50. The van der Waals surface area contributed by atoms with Crippen LogP contribution in [-0.2, 0) is 11.2 Å². The number of benzene rings is 3. The number of hydrogen-bond acceptors (Lipinski definition) is 2. The number of rotatable bonds is 4. The van der Waals surface area contributed by atoms with Crippen LogP contribution in [0.1, 0.15) is 5.56 Å². The van der Waals surface area contributed by atoms with Crippen LogP contribution >= 0.6 is 0 Å². The summed E-state index contributed by atoms with van der Waals surface area (Å²) in [5.74, 6) is -0.959.